The summed E-state index contributed by atoms with van der Waals surface area (Å²) in [4.78, 5) is 0. The van der Waals surface area contributed by atoms with Gasteiger partial charge in [-0.05, 0) is 65.3 Å². The van der Waals surface area contributed by atoms with E-state index in [1.165, 1.54) is 24.0 Å². The minimum atomic E-state index is 0.414. The molecule has 0 aromatic heterocycles. The summed E-state index contributed by atoms with van der Waals surface area (Å²) in [6, 6.07) is 2.23. The Morgan fingerprint density at radius 3 is 2.25 bits per heavy atom. The summed E-state index contributed by atoms with van der Waals surface area (Å²) in [5, 5.41) is 3.43. The highest BCUT2D eigenvalue weighted by molar-refractivity contribution is 9.10. The monoisotopic (exact) mass is 341 g/mol. The van der Waals surface area contributed by atoms with Gasteiger partial charge in [0.25, 0.3) is 0 Å². The van der Waals surface area contributed by atoms with Gasteiger partial charge in [0.15, 0.2) is 11.5 Å². The molecule has 1 heterocycles. The van der Waals surface area contributed by atoms with Gasteiger partial charge in [-0.3, -0.25) is 0 Å². The third-order valence-corrected chi connectivity index (χ3v) is 4.61. The van der Waals surface area contributed by atoms with Crippen molar-refractivity contribution in [3.63, 3.8) is 0 Å². The Balaban J connectivity index is 2.57. The minimum Gasteiger partial charge on any atom is -0.493 e. The van der Waals surface area contributed by atoms with Gasteiger partial charge in [-0.25, -0.2) is 0 Å². The van der Waals surface area contributed by atoms with Crippen LogP contribution in [0.2, 0.25) is 0 Å². The molecule has 1 aliphatic rings. The molecule has 0 unspecified atom stereocenters. The fourth-order valence-electron chi connectivity index (χ4n) is 3.10. The van der Waals surface area contributed by atoms with Crippen molar-refractivity contribution in [3.8, 4) is 11.5 Å². The Labute approximate surface area is 130 Å². The van der Waals surface area contributed by atoms with Gasteiger partial charge in [0.2, 0.25) is 0 Å². The number of benzene rings is 1. The lowest BCUT2D eigenvalue weighted by atomic mass is 9.83. The van der Waals surface area contributed by atoms with Gasteiger partial charge in [-0.15, -0.1) is 0 Å². The molecule has 112 valence electrons. The molecule has 0 amide bonds. The van der Waals surface area contributed by atoms with Crippen molar-refractivity contribution in [3.05, 3.63) is 21.7 Å². The van der Waals surface area contributed by atoms with Gasteiger partial charge in [0.05, 0.1) is 18.7 Å². The van der Waals surface area contributed by atoms with E-state index < -0.39 is 0 Å². The quantitative estimate of drug-likeness (QED) is 0.895. The fourth-order valence-corrected chi connectivity index (χ4v) is 3.69. The second-order valence-corrected chi connectivity index (χ2v) is 6.46. The van der Waals surface area contributed by atoms with E-state index in [1.54, 1.807) is 14.2 Å². The van der Waals surface area contributed by atoms with Gasteiger partial charge in [-0.2, -0.15) is 0 Å². The molecule has 1 aromatic rings. The molecule has 0 aliphatic carbocycles. The Morgan fingerprint density at radius 1 is 1.15 bits per heavy atom. The van der Waals surface area contributed by atoms with Crippen LogP contribution < -0.4 is 14.8 Å². The van der Waals surface area contributed by atoms with Crippen molar-refractivity contribution in [2.75, 3.05) is 27.3 Å². The maximum Gasteiger partial charge on any atom is 0.175 e. The average Bonchev–Trinajstić information content (AvgIpc) is 2.46. The molecule has 2 rings (SSSR count). The number of piperidine rings is 1. The normalized spacial score (nSPS) is 16.5. The first-order valence-electron chi connectivity index (χ1n) is 7.25. The van der Waals surface area contributed by atoms with Crippen molar-refractivity contribution in [1.29, 1.82) is 0 Å². The number of nitrogens with one attached hydrogen (secondary N) is 1. The molecule has 1 N–H and O–H groups in total. The Hall–Kier alpha value is -0.740. The van der Waals surface area contributed by atoms with Crippen molar-refractivity contribution in [2.24, 2.45) is 0 Å². The third kappa shape index (κ3) is 2.96. The average molecular weight is 342 g/mol. The van der Waals surface area contributed by atoms with Gasteiger partial charge in [0.1, 0.15) is 0 Å². The summed E-state index contributed by atoms with van der Waals surface area (Å²) in [5.41, 5.74) is 2.70. The van der Waals surface area contributed by atoms with Crippen LogP contribution in [0.4, 0.5) is 0 Å². The van der Waals surface area contributed by atoms with Gasteiger partial charge in [0, 0.05) is 5.56 Å². The van der Waals surface area contributed by atoms with E-state index in [-0.39, 0.29) is 0 Å². The molecule has 20 heavy (non-hydrogen) atoms. The molecule has 3 nitrogen and oxygen atoms in total. The topological polar surface area (TPSA) is 30.5 Å². The maximum atomic E-state index is 5.67. The number of halogens is 1. The second-order valence-electron chi connectivity index (χ2n) is 5.61. The Bertz CT molecular complexity index is 468. The zero-order valence-corrected chi connectivity index (χ0v) is 14.3. The van der Waals surface area contributed by atoms with Crippen molar-refractivity contribution < 1.29 is 9.47 Å². The second kappa shape index (κ2) is 6.81. The molecule has 1 aliphatic heterocycles. The van der Waals surface area contributed by atoms with E-state index in [1.807, 2.05) is 0 Å². The first kappa shape index (κ1) is 15.6. The SMILES string of the molecule is COc1c(Br)cc(C2CCNCC2)c(C(C)C)c1OC. The lowest BCUT2D eigenvalue weighted by molar-refractivity contribution is 0.346. The molecule has 0 spiro atoms. The van der Waals surface area contributed by atoms with Crippen molar-refractivity contribution >= 4 is 15.9 Å². The van der Waals surface area contributed by atoms with Crippen LogP contribution in [0.5, 0.6) is 11.5 Å². The highest BCUT2D eigenvalue weighted by atomic mass is 79.9. The summed E-state index contributed by atoms with van der Waals surface area (Å²) in [6.07, 6.45) is 2.36. The smallest absolute Gasteiger partial charge is 0.175 e. The van der Waals surface area contributed by atoms with Crippen LogP contribution in [0, 0.1) is 0 Å². The molecule has 1 aromatic carbocycles. The lowest BCUT2D eigenvalue weighted by Gasteiger charge is -2.28. The van der Waals surface area contributed by atoms with Crippen LogP contribution in [0.25, 0.3) is 0 Å². The van der Waals surface area contributed by atoms with E-state index in [0.29, 0.717) is 11.8 Å². The zero-order valence-electron chi connectivity index (χ0n) is 12.8. The van der Waals surface area contributed by atoms with Crippen molar-refractivity contribution in [2.45, 2.75) is 38.5 Å². The summed E-state index contributed by atoms with van der Waals surface area (Å²) >= 11 is 3.63. The summed E-state index contributed by atoms with van der Waals surface area (Å²) < 4.78 is 12.2. The van der Waals surface area contributed by atoms with E-state index >= 15 is 0 Å². The number of rotatable bonds is 4. The zero-order chi connectivity index (χ0) is 14.7. The van der Waals surface area contributed by atoms with Gasteiger partial charge < -0.3 is 14.8 Å². The predicted molar refractivity (Wildman–Crippen MR) is 86.2 cm³/mol. The number of methoxy groups -OCH3 is 2. The standard InChI is InChI=1S/C16H24BrNO2/c1-10(2)14-12(11-5-7-18-8-6-11)9-13(17)15(19-3)16(14)20-4/h9-11,18H,5-8H2,1-4H3. The molecule has 0 atom stereocenters. The molecule has 1 fully saturated rings. The predicted octanol–water partition coefficient (Wildman–Crippen LogP) is 4.06. The maximum absolute atomic E-state index is 5.67. The number of hydrogen-bond donors (Lipinski definition) is 1. The molecule has 4 heteroatoms. The summed E-state index contributed by atoms with van der Waals surface area (Å²) in [6.45, 7) is 6.62. The number of hydrogen-bond acceptors (Lipinski definition) is 3. The Morgan fingerprint density at radius 2 is 1.75 bits per heavy atom. The van der Waals surface area contributed by atoms with E-state index in [2.05, 4.69) is 41.2 Å². The minimum absolute atomic E-state index is 0.414. The summed E-state index contributed by atoms with van der Waals surface area (Å²) in [7, 11) is 3.42. The molecule has 0 bridgehead atoms. The Kier molecular flexibility index (Phi) is 5.33. The van der Waals surface area contributed by atoms with Gasteiger partial charge in [-0.1, -0.05) is 13.8 Å². The van der Waals surface area contributed by atoms with E-state index in [4.69, 9.17) is 9.47 Å². The fraction of sp³-hybridized carbons (Fsp3) is 0.625. The molecule has 1 saturated heterocycles. The highest BCUT2D eigenvalue weighted by Crippen LogP contribution is 2.46. The molecular formula is C16H24BrNO2. The van der Waals surface area contributed by atoms with Crippen LogP contribution in [0.3, 0.4) is 0 Å². The lowest BCUT2D eigenvalue weighted by Crippen LogP contribution is -2.27. The van der Waals surface area contributed by atoms with E-state index in [0.717, 1.165) is 29.1 Å². The van der Waals surface area contributed by atoms with Crippen LogP contribution in [0.15, 0.2) is 10.5 Å². The molecule has 0 radical (unpaired) electrons. The number of ether oxygens (including phenoxy) is 2. The molecule has 0 saturated carbocycles. The first-order chi connectivity index (χ1) is 9.60. The highest BCUT2D eigenvalue weighted by Gasteiger charge is 2.26. The third-order valence-electron chi connectivity index (χ3n) is 4.03. The van der Waals surface area contributed by atoms with Crippen molar-refractivity contribution in [1.82, 2.24) is 5.32 Å². The van der Waals surface area contributed by atoms with Crippen LogP contribution in [-0.4, -0.2) is 27.3 Å². The largest absolute Gasteiger partial charge is 0.493 e. The van der Waals surface area contributed by atoms with E-state index in [9.17, 15) is 0 Å². The first-order valence-corrected chi connectivity index (χ1v) is 8.04. The van der Waals surface area contributed by atoms with Crippen LogP contribution >= 0.6 is 15.9 Å². The van der Waals surface area contributed by atoms with Gasteiger partial charge >= 0.3 is 0 Å². The van der Waals surface area contributed by atoms with Crippen LogP contribution in [-0.2, 0) is 0 Å². The summed E-state index contributed by atoms with van der Waals surface area (Å²) in [5.74, 6) is 2.70. The molecular weight excluding hydrogens is 318 g/mol. The van der Waals surface area contributed by atoms with Crippen LogP contribution in [0.1, 0.15) is 49.7 Å².